The highest BCUT2D eigenvalue weighted by Crippen LogP contribution is 2.24. The monoisotopic (exact) mass is 361 g/mol. The molecular formula is C18H23N3O3S. The van der Waals surface area contributed by atoms with Crippen molar-refractivity contribution in [2.45, 2.75) is 45.2 Å². The van der Waals surface area contributed by atoms with Crippen molar-refractivity contribution in [2.24, 2.45) is 0 Å². The van der Waals surface area contributed by atoms with Crippen LogP contribution in [0.3, 0.4) is 0 Å². The lowest BCUT2D eigenvalue weighted by Crippen LogP contribution is -2.43. The van der Waals surface area contributed by atoms with Crippen LogP contribution in [0.2, 0.25) is 0 Å². The molecule has 2 heterocycles. The molecule has 7 heteroatoms. The van der Waals surface area contributed by atoms with Crippen molar-refractivity contribution < 1.29 is 13.2 Å². The molecule has 1 aromatic heterocycles. The molecule has 3 rings (SSSR count). The molecule has 2 aromatic rings. The average Bonchev–Trinajstić information content (AvgIpc) is 2.96. The Morgan fingerprint density at radius 1 is 1.12 bits per heavy atom. The minimum atomic E-state index is -3.75. The molecule has 1 N–H and O–H groups in total. The van der Waals surface area contributed by atoms with E-state index in [0.717, 1.165) is 11.1 Å². The first-order valence-electron chi connectivity index (χ1n) is 8.30. The first-order chi connectivity index (χ1) is 11.7. The number of anilines is 1. The second-order valence-corrected chi connectivity index (χ2v) is 8.45. The van der Waals surface area contributed by atoms with Crippen LogP contribution < -0.4 is 4.72 Å². The summed E-state index contributed by atoms with van der Waals surface area (Å²) in [5.41, 5.74) is 2.89. The Morgan fingerprint density at radius 3 is 2.48 bits per heavy atom. The lowest BCUT2D eigenvalue weighted by molar-refractivity contribution is 0.0649. The first-order valence-corrected chi connectivity index (χ1v) is 9.78. The van der Waals surface area contributed by atoms with Gasteiger partial charge in [0.1, 0.15) is 10.6 Å². The van der Waals surface area contributed by atoms with Gasteiger partial charge in [0.2, 0.25) is 0 Å². The predicted octanol–water partition coefficient (Wildman–Crippen LogP) is 2.77. The van der Waals surface area contributed by atoms with Crippen LogP contribution in [0, 0.1) is 13.8 Å². The van der Waals surface area contributed by atoms with Crippen molar-refractivity contribution >= 4 is 21.6 Å². The van der Waals surface area contributed by atoms with E-state index in [9.17, 15) is 13.2 Å². The highest BCUT2D eigenvalue weighted by molar-refractivity contribution is 7.92. The van der Waals surface area contributed by atoms with Crippen LogP contribution in [0.1, 0.15) is 35.5 Å². The van der Waals surface area contributed by atoms with E-state index >= 15 is 0 Å². The number of carbonyl (C=O) groups excluding carboxylic acids is 1. The zero-order valence-electron chi connectivity index (χ0n) is 14.9. The van der Waals surface area contributed by atoms with Gasteiger partial charge in [0.15, 0.2) is 0 Å². The van der Waals surface area contributed by atoms with Gasteiger partial charge in [0.25, 0.3) is 15.9 Å². The van der Waals surface area contributed by atoms with E-state index in [1.54, 1.807) is 15.5 Å². The number of benzene rings is 1. The summed E-state index contributed by atoms with van der Waals surface area (Å²) in [6, 6.07) is 7.09. The SMILES string of the molecule is Cc1ccc(NS(=O)(=O)c2cc3n(c2)CCN(C(C)C)C3=O)c(C)c1. The van der Waals surface area contributed by atoms with Gasteiger partial charge < -0.3 is 9.47 Å². The van der Waals surface area contributed by atoms with Gasteiger partial charge in [-0.3, -0.25) is 9.52 Å². The molecule has 6 nitrogen and oxygen atoms in total. The zero-order chi connectivity index (χ0) is 18.4. The predicted molar refractivity (Wildman–Crippen MR) is 97.3 cm³/mol. The molecule has 0 atom stereocenters. The lowest BCUT2D eigenvalue weighted by Gasteiger charge is -2.31. The number of nitrogens with zero attached hydrogens (tertiary/aromatic N) is 2. The van der Waals surface area contributed by atoms with Crippen LogP contribution in [-0.4, -0.2) is 36.4 Å². The van der Waals surface area contributed by atoms with Crippen LogP contribution in [0.5, 0.6) is 0 Å². The normalized spacial score (nSPS) is 14.8. The largest absolute Gasteiger partial charge is 0.340 e. The molecule has 0 spiro atoms. The van der Waals surface area contributed by atoms with E-state index in [1.807, 2.05) is 39.8 Å². The summed E-state index contributed by atoms with van der Waals surface area (Å²) in [6.45, 7) is 8.91. The quantitative estimate of drug-likeness (QED) is 0.910. The lowest BCUT2D eigenvalue weighted by atomic mass is 10.1. The van der Waals surface area contributed by atoms with Crippen molar-refractivity contribution in [3.63, 3.8) is 0 Å². The molecule has 25 heavy (non-hydrogen) atoms. The molecule has 0 radical (unpaired) electrons. The van der Waals surface area contributed by atoms with Gasteiger partial charge in [-0.05, 0) is 45.4 Å². The van der Waals surface area contributed by atoms with Gasteiger partial charge >= 0.3 is 0 Å². The van der Waals surface area contributed by atoms with Gasteiger partial charge in [0.05, 0.1) is 5.69 Å². The highest BCUT2D eigenvalue weighted by atomic mass is 32.2. The van der Waals surface area contributed by atoms with Crippen LogP contribution >= 0.6 is 0 Å². The van der Waals surface area contributed by atoms with E-state index in [-0.39, 0.29) is 16.8 Å². The fraction of sp³-hybridized carbons (Fsp3) is 0.389. The maximum absolute atomic E-state index is 12.7. The minimum absolute atomic E-state index is 0.0875. The maximum atomic E-state index is 12.7. The Bertz CT molecular complexity index is 929. The van der Waals surface area contributed by atoms with E-state index in [2.05, 4.69) is 4.72 Å². The number of aromatic nitrogens is 1. The summed E-state index contributed by atoms with van der Waals surface area (Å²) in [6.07, 6.45) is 1.54. The Kier molecular flexibility index (Phi) is 4.36. The number of aryl methyl sites for hydroxylation is 2. The van der Waals surface area contributed by atoms with Crippen molar-refractivity contribution in [2.75, 3.05) is 11.3 Å². The summed E-state index contributed by atoms with van der Waals surface area (Å²) < 4.78 is 29.8. The molecule has 134 valence electrons. The maximum Gasteiger partial charge on any atom is 0.270 e. The van der Waals surface area contributed by atoms with E-state index in [0.29, 0.717) is 24.5 Å². The van der Waals surface area contributed by atoms with Crippen LogP contribution in [0.4, 0.5) is 5.69 Å². The van der Waals surface area contributed by atoms with Crippen LogP contribution in [0.15, 0.2) is 35.4 Å². The molecule has 0 fully saturated rings. The molecular weight excluding hydrogens is 338 g/mol. The Hall–Kier alpha value is -2.28. The molecule has 0 bridgehead atoms. The van der Waals surface area contributed by atoms with Crippen LogP contribution in [-0.2, 0) is 16.6 Å². The molecule has 0 unspecified atom stereocenters. The fourth-order valence-corrected chi connectivity index (χ4v) is 4.25. The van der Waals surface area contributed by atoms with Crippen LogP contribution in [0.25, 0.3) is 0 Å². The molecule has 1 aliphatic rings. The number of hydrogen-bond acceptors (Lipinski definition) is 3. The minimum Gasteiger partial charge on any atom is -0.340 e. The van der Waals surface area contributed by atoms with Gasteiger partial charge in [0, 0.05) is 25.3 Å². The van der Waals surface area contributed by atoms with E-state index < -0.39 is 10.0 Å². The van der Waals surface area contributed by atoms with Gasteiger partial charge in [-0.1, -0.05) is 17.7 Å². The number of carbonyl (C=O) groups is 1. The topological polar surface area (TPSA) is 71.4 Å². The van der Waals surface area contributed by atoms with Crippen molar-refractivity contribution in [1.82, 2.24) is 9.47 Å². The van der Waals surface area contributed by atoms with Crippen molar-refractivity contribution in [1.29, 1.82) is 0 Å². The number of fused-ring (bicyclic) bond motifs is 1. The molecule has 1 amide bonds. The molecule has 0 saturated carbocycles. The third-order valence-electron chi connectivity index (χ3n) is 4.49. The highest BCUT2D eigenvalue weighted by Gasteiger charge is 2.29. The third-order valence-corrected chi connectivity index (χ3v) is 5.83. The second kappa shape index (κ2) is 6.22. The molecule has 0 saturated heterocycles. The summed E-state index contributed by atoms with van der Waals surface area (Å²) >= 11 is 0. The molecule has 0 aliphatic carbocycles. The summed E-state index contributed by atoms with van der Waals surface area (Å²) in [7, 11) is -3.75. The number of nitrogens with one attached hydrogen (secondary N) is 1. The number of hydrogen-bond donors (Lipinski definition) is 1. The average molecular weight is 361 g/mol. The Balaban J connectivity index is 1.92. The van der Waals surface area contributed by atoms with Gasteiger partial charge in [-0.2, -0.15) is 0 Å². The fourth-order valence-electron chi connectivity index (χ4n) is 3.08. The standard InChI is InChI=1S/C18H23N3O3S/c1-12(2)21-8-7-20-11-15(10-17(20)18(21)22)25(23,24)19-16-6-5-13(3)9-14(16)4/h5-6,9-12,19H,7-8H2,1-4H3. The number of amides is 1. The number of sulfonamides is 1. The summed E-state index contributed by atoms with van der Waals surface area (Å²) in [5, 5.41) is 0. The van der Waals surface area contributed by atoms with E-state index in [4.69, 9.17) is 0 Å². The van der Waals surface area contributed by atoms with Gasteiger partial charge in [-0.25, -0.2) is 8.42 Å². The Labute approximate surface area is 148 Å². The van der Waals surface area contributed by atoms with Crippen molar-refractivity contribution in [3.05, 3.63) is 47.3 Å². The second-order valence-electron chi connectivity index (χ2n) is 6.77. The Morgan fingerprint density at radius 2 is 1.84 bits per heavy atom. The van der Waals surface area contributed by atoms with Crippen molar-refractivity contribution in [3.8, 4) is 0 Å². The summed E-state index contributed by atoms with van der Waals surface area (Å²) in [5.74, 6) is -0.130. The number of rotatable bonds is 4. The molecule has 1 aliphatic heterocycles. The first kappa shape index (κ1) is 17.5. The van der Waals surface area contributed by atoms with Gasteiger partial charge in [-0.15, -0.1) is 0 Å². The van der Waals surface area contributed by atoms with E-state index in [1.165, 1.54) is 12.3 Å². The smallest absolute Gasteiger partial charge is 0.270 e. The molecule has 1 aromatic carbocycles. The summed E-state index contributed by atoms with van der Waals surface area (Å²) in [4.78, 5) is 14.4. The third kappa shape index (κ3) is 3.28. The zero-order valence-corrected chi connectivity index (χ0v) is 15.7.